The van der Waals surface area contributed by atoms with E-state index in [2.05, 4.69) is 25.6 Å². The second-order valence-corrected chi connectivity index (χ2v) is 7.09. The van der Waals surface area contributed by atoms with Crippen LogP contribution in [0, 0.1) is 0 Å². The number of nitrogens with one attached hydrogen (secondary N) is 2. The first-order chi connectivity index (χ1) is 14.7. The van der Waals surface area contributed by atoms with E-state index in [1.807, 2.05) is 48.5 Å². The molecule has 0 unspecified atom stereocenters. The molecule has 3 aromatic rings. The van der Waals surface area contributed by atoms with E-state index in [1.54, 1.807) is 18.0 Å². The van der Waals surface area contributed by atoms with Crippen LogP contribution in [0.25, 0.3) is 11.3 Å². The molecule has 8 heteroatoms. The number of carbonyl (C=O) groups excluding carboxylic acids is 1. The van der Waals surface area contributed by atoms with Gasteiger partial charge in [-0.2, -0.15) is 5.10 Å². The minimum atomic E-state index is -0.225. The zero-order valence-electron chi connectivity index (χ0n) is 17.0. The number of carbonyl (C=O) groups is 1. The van der Waals surface area contributed by atoms with Crippen LogP contribution in [0.4, 0.5) is 11.5 Å². The molecular formula is C22H26N6O2. The molecule has 0 saturated carbocycles. The van der Waals surface area contributed by atoms with Crippen molar-refractivity contribution < 1.29 is 9.53 Å². The summed E-state index contributed by atoms with van der Waals surface area (Å²) in [4.78, 5) is 19.7. The van der Waals surface area contributed by atoms with E-state index in [0.717, 1.165) is 43.3 Å². The molecule has 2 N–H and O–H groups in total. The number of amides is 1. The van der Waals surface area contributed by atoms with Crippen molar-refractivity contribution >= 4 is 17.4 Å². The van der Waals surface area contributed by atoms with Gasteiger partial charge >= 0.3 is 0 Å². The third-order valence-corrected chi connectivity index (χ3v) is 5.04. The van der Waals surface area contributed by atoms with Crippen LogP contribution in [0.1, 0.15) is 10.5 Å². The van der Waals surface area contributed by atoms with E-state index in [4.69, 9.17) is 4.74 Å². The Balaban J connectivity index is 1.51. The highest BCUT2D eigenvalue weighted by Gasteiger charge is 2.17. The molecule has 1 aliphatic rings. The van der Waals surface area contributed by atoms with Gasteiger partial charge in [-0.15, -0.1) is 0 Å². The Hall–Kier alpha value is -3.23. The van der Waals surface area contributed by atoms with E-state index in [-0.39, 0.29) is 5.91 Å². The summed E-state index contributed by atoms with van der Waals surface area (Å²) in [7, 11) is 1.63. The van der Waals surface area contributed by atoms with Gasteiger partial charge in [-0.25, -0.2) is 4.98 Å². The summed E-state index contributed by atoms with van der Waals surface area (Å²) in [6.07, 6.45) is 1.70. The van der Waals surface area contributed by atoms with Crippen molar-refractivity contribution in [3.63, 3.8) is 0 Å². The molecule has 1 saturated heterocycles. The van der Waals surface area contributed by atoms with Gasteiger partial charge in [0.1, 0.15) is 11.5 Å². The normalized spacial score (nSPS) is 14.0. The van der Waals surface area contributed by atoms with Crippen molar-refractivity contribution in [1.82, 2.24) is 20.1 Å². The zero-order chi connectivity index (χ0) is 20.8. The molecule has 30 heavy (non-hydrogen) atoms. The van der Waals surface area contributed by atoms with Gasteiger partial charge in [0.2, 0.25) is 0 Å². The Labute approximate surface area is 175 Å². The van der Waals surface area contributed by atoms with Gasteiger partial charge in [0.25, 0.3) is 5.91 Å². The average Bonchev–Trinajstić information content (AvgIpc) is 3.24. The standard InChI is InChI=1S/C22H26N6O2/c1-30-14-13-28-20(15-19(26-28)17-5-3-2-4-6-17)22(29)25-18-7-8-21(24-16-18)27-11-9-23-10-12-27/h2-8,15-16,23H,9-14H2,1H3,(H,25,29). The number of pyridine rings is 1. The number of nitrogens with zero attached hydrogens (tertiary/aromatic N) is 4. The molecule has 0 radical (unpaired) electrons. The molecule has 2 aromatic heterocycles. The Bertz CT molecular complexity index is 965. The van der Waals surface area contributed by atoms with Gasteiger partial charge in [-0.3, -0.25) is 9.48 Å². The fourth-order valence-electron chi connectivity index (χ4n) is 3.43. The summed E-state index contributed by atoms with van der Waals surface area (Å²) < 4.78 is 6.86. The summed E-state index contributed by atoms with van der Waals surface area (Å²) in [6, 6.07) is 15.4. The van der Waals surface area contributed by atoms with Gasteiger partial charge < -0.3 is 20.3 Å². The second-order valence-electron chi connectivity index (χ2n) is 7.09. The summed E-state index contributed by atoms with van der Waals surface area (Å²) in [5, 5.41) is 10.9. The number of piperazine rings is 1. The quantitative estimate of drug-likeness (QED) is 0.626. The first kappa shape index (κ1) is 20.1. The lowest BCUT2D eigenvalue weighted by molar-refractivity contribution is 0.101. The van der Waals surface area contributed by atoms with Crippen molar-refractivity contribution in [1.29, 1.82) is 0 Å². The summed E-state index contributed by atoms with van der Waals surface area (Å²) in [6.45, 7) is 4.73. The highest BCUT2D eigenvalue weighted by Crippen LogP contribution is 2.20. The molecule has 3 heterocycles. The topological polar surface area (TPSA) is 84.3 Å². The molecule has 1 amide bonds. The van der Waals surface area contributed by atoms with Crippen molar-refractivity contribution in [2.24, 2.45) is 0 Å². The maximum absolute atomic E-state index is 13.0. The predicted octanol–water partition coefficient (Wildman–Crippen LogP) is 2.25. The third-order valence-electron chi connectivity index (χ3n) is 5.04. The van der Waals surface area contributed by atoms with Gasteiger partial charge in [-0.1, -0.05) is 30.3 Å². The van der Waals surface area contributed by atoms with Crippen molar-refractivity contribution in [2.45, 2.75) is 6.54 Å². The molecule has 1 aliphatic heterocycles. The fraction of sp³-hybridized carbons (Fsp3) is 0.318. The Kier molecular flexibility index (Phi) is 6.36. The minimum absolute atomic E-state index is 0.225. The van der Waals surface area contributed by atoms with Crippen molar-refractivity contribution in [3.8, 4) is 11.3 Å². The first-order valence-electron chi connectivity index (χ1n) is 10.1. The molecule has 0 atom stereocenters. The molecule has 156 valence electrons. The van der Waals surface area contributed by atoms with E-state index in [9.17, 15) is 4.79 Å². The maximum Gasteiger partial charge on any atom is 0.273 e. The second kappa shape index (κ2) is 9.51. The van der Waals surface area contributed by atoms with E-state index in [0.29, 0.717) is 24.5 Å². The summed E-state index contributed by atoms with van der Waals surface area (Å²) in [5.41, 5.74) is 2.85. The lowest BCUT2D eigenvalue weighted by Crippen LogP contribution is -2.43. The number of benzene rings is 1. The summed E-state index contributed by atoms with van der Waals surface area (Å²) in [5.74, 6) is 0.698. The summed E-state index contributed by atoms with van der Waals surface area (Å²) >= 11 is 0. The van der Waals surface area contributed by atoms with Crippen molar-refractivity contribution in [2.75, 3.05) is 50.1 Å². The van der Waals surface area contributed by atoms with Gasteiger partial charge in [0, 0.05) is 38.9 Å². The molecule has 8 nitrogen and oxygen atoms in total. The van der Waals surface area contributed by atoms with E-state index >= 15 is 0 Å². The largest absolute Gasteiger partial charge is 0.383 e. The molecule has 0 spiro atoms. The van der Waals surface area contributed by atoms with Gasteiger partial charge in [0.15, 0.2) is 0 Å². The number of anilines is 2. The molecule has 0 bridgehead atoms. The highest BCUT2D eigenvalue weighted by atomic mass is 16.5. The first-order valence-corrected chi connectivity index (χ1v) is 10.1. The van der Waals surface area contributed by atoms with Crippen LogP contribution < -0.4 is 15.5 Å². The van der Waals surface area contributed by atoms with Crippen LogP contribution in [-0.2, 0) is 11.3 Å². The molecule has 1 fully saturated rings. The molecule has 0 aliphatic carbocycles. The monoisotopic (exact) mass is 406 g/mol. The van der Waals surface area contributed by atoms with Crippen LogP contribution in [0.15, 0.2) is 54.7 Å². The Morgan fingerprint density at radius 3 is 2.67 bits per heavy atom. The van der Waals surface area contributed by atoms with Crippen LogP contribution in [0.3, 0.4) is 0 Å². The molecular weight excluding hydrogens is 380 g/mol. The third kappa shape index (κ3) is 4.67. The minimum Gasteiger partial charge on any atom is -0.383 e. The van der Waals surface area contributed by atoms with Crippen LogP contribution >= 0.6 is 0 Å². The average molecular weight is 406 g/mol. The van der Waals surface area contributed by atoms with Crippen molar-refractivity contribution in [3.05, 3.63) is 60.4 Å². The lowest BCUT2D eigenvalue weighted by atomic mass is 10.1. The fourth-order valence-corrected chi connectivity index (χ4v) is 3.43. The SMILES string of the molecule is COCCn1nc(-c2ccccc2)cc1C(=O)Nc1ccc(N2CCNCC2)nc1. The smallest absolute Gasteiger partial charge is 0.273 e. The molecule has 4 rings (SSSR count). The van der Waals surface area contributed by atoms with Crippen LogP contribution in [0.5, 0.6) is 0 Å². The predicted molar refractivity (Wildman–Crippen MR) is 117 cm³/mol. The number of aromatic nitrogens is 3. The Morgan fingerprint density at radius 2 is 1.97 bits per heavy atom. The highest BCUT2D eigenvalue weighted by molar-refractivity contribution is 6.03. The maximum atomic E-state index is 13.0. The van der Waals surface area contributed by atoms with Gasteiger partial charge in [0.05, 0.1) is 30.7 Å². The number of hydrogen-bond acceptors (Lipinski definition) is 6. The number of hydrogen-bond donors (Lipinski definition) is 2. The number of rotatable bonds is 7. The number of ether oxygens (including phenoxy) is 1. The lowest BCUT2D eigenvalue weighted by Gasteiger charge is -2.28. The van der Waals surface area contributed by atoms with Crippen LogP contribution in [0.2, 0.25) is 0 Å². The molecule has 1 aromatic carbocycles. The Morgan fingerprint density at radius 1 is 1.17 bits per heavy atom. The van der Waals surface area contributed by atoms with Gasteiger partial charge in [-0.05, 0) is 18.2 Å². The van der Waals surface area contributed by atoms with E-state index < -0.39 is 0 Å². The zero-order valence-corrected chi connectivity index (χ0v) is 17.0. The van der Waals surface area contributed by atoms with E-state index in [1.165, 1.54) is 0 Å². The van der Waals surface area contributed by atoms with Crippen LogP contribution in [-0.4, -0.2) is 60.6 Å². The number of methoxy groups -OCH3 is 1.